The number of hydrogen-bond donors (Lipinski definition) is 3. The Kier molecular flexibility index (Phi) is 12.3. The van der Waals surface area contributed by atoms with Crippen molar-refractivity contribution < 1.29 is 32.9 Å². The lowest BCUT2D eigenvalue weighted by Crippen LogP contribution is -2.55. The Hall–Kier alpha value is -4.92. The van der Waals surface area contributed by atoms with E-state index in [9.17, 15) is 19.2 Å². The van der Waals surface area contributed by atoms with Crippen LogP contribution in [0.3, 0.4) is 0 Å². The normalized spacial score (nSPS) is 19.8. The highest BCUT2D eigenvalue weighted by molar-refractivity contribution is 6.01. The van der Waals surface area contributed by atoms with Crippen molar-refractivity contribution >= 4 is 29.3 Å². The van der Waals surface area contributed by atoms with Crippen LogP contribution in [0.1, 0.15) is 84.6 Å². The first-order chi connectivity index (χ1) is 24.5. The number of piperazine rings is 1. The number of pyridine rings is 1. The van der Waals surface area contributed by atoms with Gasteiger partial charge in [-0.25, -0.2) is 14.0 Å². The van der Waals surface area contributed by atoms with Crippen LogP contribution in [-0.4, -0.2) is 101 Å². The molecular formula is C36H47FN8O6. The molecule has 51 heavy (non-hydrogen) atoms. The third-order valence-corrected chi connectivity index (χ3v) is 10.1. The third kappa shape index (κ3) is 8.88. The monoisotopic (exact) mass is 706 g/mol. The molecule has 0 spiro atoms. The fourth-order valence-electron chi connectivity index (χ4n) is 6.72. The molecule has 3 aromatic rings. The van der Waals surface area contributed by atoms with E-state index in [4.69, 9.17) is 9.37 Å². The minimum Gasteiger partial charge on any atom is -0.494 e. The zero-order valence-electron chi connectivity index (χ0n) is 29.8. The van der Waals surface area contributed by atoms with Gasteiger partial charge in [-0.05, 0) is 73.1 Å². The van der Waals surface area contributed by atoms with Crippen molar-refractivity contribution in [3.63, 3.8) is 0 Å². The van der Waals surface area contributed by atoms with Crippen LogP contribution in [0.5, 0.6) is 5.75 Å². The summed E-state index contributed by atoms with van der Waals surface area (Å²) in [4.78, 5) is 62.3. The van der Waals surface area contributed by atoms with Gasteiger partial charge in [0, 0.05) is 38.3 Å². The molecule has 2 aliphatic rings. The quantitative estimate of drug-likeness (QED) is 0.254. The molecule has 5 rings (SSSR count). The van der Waals surface area contributed by atoms with Crippen LogP contribution in [0.25, 0.3) is 0 Å². The molecule has 274 valence electrons. The first-order valence-electron chi connectivity index (χ1n) is 17.5. The summed E-state index contributed by atoms with van der Waals surface area (Å²) in [5, 5.41) is 15.8. The van der Waals surface area contributed by atoms with E-state index in [0.29, 0.717) is 49.8 Å². The van der Waals surface area contributed by atoms with Crippen LogP contribution in [0.2, 0.25) is 0 Å². The zero-order valence-corrected chi connectivity index (χ0v) is 29.8. The number of rotatable bonds is 12. The number of likely N-dealkylation sites (N-methyl/N-ethyl adjacent to an activating group) is 1. The van der Waals surface area contributed by atoms with Crippen LogP contribution in [0, 0.1) is 17.7 Å². The van der Waals surface area contributed by atoms with E-state index in [-0.39, 0.29) is 34.6 Å². The molecule has 0 bridgehead atoms. The number of hydrogen-bond acceptors (Lipinski definition) is 10. The van der Waals surface area contributed by atoms with E-state index in [2.05, 4.69) is 43.1 Å². The van der Waals surface area contributed by atoms with Crippen molar-refractivity contribution in [2.75, 3.05) is 45.7 Å². The molecule has 3 heterocycles. The molecule has 1 aliphatic carbocycles. The molecule has 14 nitrogen and oxygen atoms in total. The summed E-state index contributed by atoms with van der Waals surface area (Å²) in [6.45, 7) is 8.01. The summed E-state index contributed by atoms with van der Waals surface area (Å²) in [5.41, 5.74) is 0.758. The minimum atomic E-state index is -1.06. The Labute approximate surface area is 296 Å². The molecule has 1 saturated heterocycles. The predicted molar refractivity (Wildman–Crippen MR) is 186 cm³/mol. The van der Waals surface area contributed by atoms with Gasteiger partial charge in [0.1, 0.15) is 29.3 Å². The molecule has 1 saturated carbocycles. The van der Waals surface area contributed by atoms with Gasteiger partial charge in [-0.2, -0.15) is 0 Å². The SMILES string of the molecule is CCc1nonc1C(=O)N[C@H](C(=O)Nc1ccc([C@H](C)[C@@H](NC(=O)c2ncccc2OC)C(=O)N2CCN(C)CC2)cc1F)[C@H]1CC[C@H](C)CC1. The van der Waals surface area contributed by atoms with Crippen LogP contribution >= 0.6 is 0 Å². The van der Waals surface area contributed by atoms with Gasteiger partial charge >= 0.3 is 0 Å². The molecule has 3 atom stereocenters. The Morgan fingerprint density at radius 3 is 2.37 bits per heavy atom. The average Bonchev–Trinajstić information content (AvgIpc) is 3.63. The molecule has 3 N–H and O–H groups in total. The van der Waals surface area contributed by atoms with Crippen molar-refractivity contribution in [2.45, 2.75) is 70.9 Å². The Morgan fingerprint density at radius 2 is 1.71 bits per heavy atom. The van der Waals surface area contributed by atoms with Crippen molar-refractivity contribution in [1.29, 1.82) is 0 Å². The first-order valence-corrected chi connectivity index (χ1v) is 17.5. The number of nitrogens with one attached hydrogen (secondary N) is 3. The topological polar surface area (TPSA) is 172 Å². The lowest BCUT2D eigenvalue weighted by molar-refractivity contribution is -0.135. The summed E-state index contributed by atoms with van der Waals surface area (Å²) in [6, 6.07) is 5.53. The van der Waals surface area contributed by atoms with Crippen molar-refractivity contribution in [3.8, 4) is 5.75 Å². The number of carbonyl (C=O) groups excluding carboxylic acids is 4. The van der Waals surface area contributed by atoms with Crippen molar-refractivity contribution in [2.24, 2.45) is 11.8 Å². The van der Waals surface area contributed by atoms with Crippen molar-refractivity contribution in [3.05, 3.63) is 65.0 Å². The smallest absolute Gasteiger partial charge is 0.276 e. The Morgan fingerprint density at radius 1 is 1.00 bits per heavy atom. The van der Waals surface area contributed by atoms with Crippen LogP contribution in [0.4, 0.5) is 10.1 Å². The molecular weight excluding hydrogens is 659 g/mol. The molecule has 15 heteroatoms. The van der Waals surface area contributed by atoms with Crippen LogP contribution in [-0.2, 0) is 16.0 Å². The second-order valence-corrected chi connectivity index (χ2v) is 13.5. The maximum atomic E-state index is 15.9. The number of methoxy groups -OCH3 is 1. The lowest BCUT2D eigenvalue weighted by Gasteiger charge is -2.36. The summed E-state index contributed by atoms with van der Waals surface area (Å²) < 4.78 is 25.9. The van der Waals surface area contributed by atoms with E-state index in [0.717, 1.165) is 25.7 Å². The molecule has 2 aromatic heterocycles. The maximum absolute atomic E-state index is 15.9. The highest BCUT2D eigenvalue weighted by atomic mass is 19.1. The lowest BCUT2D eigenvalue weighted by atomic mass is 9.79. The molecule has 1 aromatic carbocycles. The average molecular weight is 707 g/mol. The van der Waals surface area contributed by atoms with Gasteiger partial charge in [0.05, 0.1) is 12.8 Å². The Balaban J connectivity index is 1.36. The predicted octanol–water partition coefficient (Wildman–Crippen LogP) is 3.41. The second-order valence-electron chi connectivity index (χ2n) is 13.5. The van der Waals surface area contributed by atoms with Crippen molar-refractivity contribution in [1.82, 2.24) is 35.7 Å². The van der Waals surface area contributed by atoms with Crippen LogP contribution < -0.4 is 20.7 Å². The number of amides is 4. The second kappa shape index (κ2) is 16.9. The highest BCUT2D eigenvalue weighted by Gasteiger charge is 2.36. The first kappa shape index (κ1) is 37.3. The highest BCUT2D eigenvalue weighted by Crippen LogP contribution is 2.32. The van der Waals surface area contributed by atoms with Gasteiger partial charge in [-0.15, -0.1) is 0 Å². The standard InChI is InChI=1S/C36H47FN8O6/c1-6-26-31(43-51-42-26)34(47)41-30(23-11-9-21(2)10-12-23)33(46)39-27-14-13-24(20-25(27)37)22(3)29(36(49)45-18-16-44(4)17-19-45)40-35(48)32-28(50-5)8-7-15-38-32/h7-8,13-15,20-23,29-30H,6,9-12,16-19H2,1-5H3,(H,39,46)(H,40,48)(H,41,47)/t21-,22-,23-,29+,30-/m0/s1. The summed E-state index contributed by atoms with van der Waals surface area (Å²) in [5.74, 6) is -2.86. The van der Waals surface area contributed by atoms with E-state index in [1.54, 1.807) is 30.0 Å². The van der Waals surface area contributed by atoms with E-state index in [1.165, 1.54) is 25.4 Å². The number of aromatic nitrogens is 3. The number of aryl methyl sites for hydroxylation is 1. The zero-order chi connectivity index (χ0) is 36.7. The molecule has 4 amide bonds. The number of ether oxygens (including phenoxy) is 1. The van der Waals surface area contributed by atoms with Gasteiger partial charge < -0.3 is 30.5 Å². The number of benzene rings is 1. The summed E-state index contributed by atoms with van der Waals surface area (Å²) in [6.07, 6.45) is 5.11. The molecule has 1 aliphatic heterocycles. The van der Waals surface area contributed by atoms with Crippen LogP contribution in [0.15, 0.2) is 41.2 Å². The third-order valence-electron chi connectivity index (χ3n) is 10.1. The largest absolute Gasteiger partial charge is 0.494 e. The summed E-state index contributed by atoms with van der Waals surface area (Å²) >= 11 is 0. The van der Waals surface area contributed by atoms with E-state index < -0.39 is 41.5 Å². The minimum absolute atomic E-state index is 0.0123. The molecule has 0 radical (unpaired) electrons. The number of anilines is 1. The van der Waals surface area contributed by atoms with Gasteiger partial charge in [0.15, 0.2) is 11.4 Å². The maximum Gasteiger partial charge on any atom is 0.276 e. The van der Waals surface area contributed by atoms with Gasteiger partial charge in [-0.1, -0.05) is 44.8 Å². The van der Waals surface area contributed by atoms with Gasteiger partial charge in [-0.3, -0.25) is 19.2 Å². The number of nitrogens with zero attached hydrogens (tertiary/aromatic N) is 5. The van der Waals surface area contributed by atoms with Gasteiger partial charge in [0.25, 0.3) is 11.8 Å². The molecule has 2 fully saturated rings. The number of carbonyl (C=O) groups is 4. The summed E-state index contributed by atoms with van der Waals surface area (Å²) in [7, 11) is 3.40. The Bertz CT molecular complexity index is 1700. The van der Waals surface area contributed by atoms with E-state index in [1.807, 2.05) is 14.0 Å². The number of halogens is 1. The fraction of sp³-hybridized carbons (Fsp3) is 0.528. The molecule has 0 unspecified atom stereocenters. The van der Waals surface area contributed by atoms with E-state index >= 15 is 4.39 Å². The van der Waals surface area contributed by atoms with Gasteiger partial charge in [0.2, 0.25) is 11.8 Å². The fourth-order valence-corrected chi connectivity index (χ4v) is 6.72.